The van der Waals surface area contributed by atoms with Gasteiger partial charge in [-0.1, -0.05) is 0 Å². The summed E-state index contributed by atoms with van der Waals surface area (Å²) in [4.78, 5) is 26.7. The molecule has 2 saturated carbocycles. The number of rotatable bonds is 4. The Bertz CT molecular complexity index is 1110. The zero-order valence-electron chi connectivity index (χ0n) is 18.6. The van der Waals surface area contributed by atoms with E-state index in [0.29, 0.717) is 31.5 Å². The molecular formula is C22H26F3N7O2. The number of urea groups is 1. The molecule has 9 nitrogen and oxygen atoms in total. The van der Waals surface area contributed by atoms with Crippen LogP contribution in [0, 0.1) is 10.8 Å². The zero-order valence-corrected chi connectivity index (χ0v) is 18.6. The summed E-state index contributed by atoms with van der Waals surface area (Å²) in [7, 11) is 0. The second kappa shape index (κ2) is 6.73. The summed E-state index contributed by atoms with van der Waals surface area (Å²) in [5.41, 5.74) is 0.313. The van der Waals surface area contributed by atoms with Crippen LogP contribution in [0.15, 0.2) is 10.6 Å². The SMILES string of the molecule is O=C(N1CC2(CC(c3nc(C4CC4)n[nH]3)C2)C1)N1CC2(CN(Cc3cnc(C(F)(F)F)o3)C2)C1. The molecule has 3 aliphatic heterocycles. The maximum atomic E-state index is 12.8. The van der Waals surface area contributed by atoms with Crippen molar-refractivity contribution in [3.8, 4) is 0 Å². The van der Waals surface area contributed by atoms with Gasteiger partial charge in [-0.15, -0.1) is 0 Å². The first kappa shape index (κ1) is 20.7. The summed E-state index contributed by atoms with van der Waals surface area (Å²) in [6.45, 7) is 4.86. The molecule has 0 atom stereocenters. The van der Waals surface area contributed by atoms with Crippen LogP contribution in [0.2, 0.25) is 0 Å². The molecule has 5 fully saturated rings. The predicted molar refractivity (Wildman–Crippen MR) is 111 cm³/mol. The lowest BCUT2D eigenvalue weighted by atomic mass is 9.57. The first-order valence-electron chi connectivity index (χ1n) is 11.9. The van der Waals surface area contributed by atoms with E-state index in [-0.39, 0.29) is 22.6 Å². The van der Waals surface area contributed by atoms with Crippen LogP contribution < -0.4 is 0 Å². The van der Waals surface area contributed by atoms with E-state index in [1.165, 1.54) is 12.8 Å². The zero-order chi connectivity index (χ0) is 23.3. The molecule has 5 aliphatic rings. The molecule has 7 rings (SSSR count). The third-order valence-corrected chi connectivity index (χ3v) is 8.15. The maximum absolute atomic E-state index is 12.8. The Labute approximate surface area is 193 Å². The van der Waals surface area contributed by atoms with Gasteiger partial charge < -0.3 is 14.2 Å². The van der Waals surface area contributed by atoms with Gasteiger partial charge in [0.15, 0.2) is 5.82 Å². The van der Waals surface area contributed by atoms with Crippen molar-refractivity contribution in [2.75, 3.05) is 39.3 Å². The van der Waals surface area contributed by atoms with Gasteiger partial charge in [-0.3, -0.25) is 10.00 Å². The normalized spacial score (nSPS) is 25.7. The van der Waals surface area contributed by atoms with E-state index in [2.05, 4.69) is 20.2 Å². The number of halogens is 3. The third kappa shape index (κ3) is 3.32. The molecule has 0 bridgehead atoms. The molecule has 2 amide bonds. The van der Waals surface area contributed by atoms with Gasteiger partial charge in [-0.2, -0.15) is 18.3 Å². The van der Waals surface area contributed by atoms with Gasteiger partial charge >= 0.3 is 18.1 Å². The molecule has 2 spiro atoms. The van der Waals surface area contributed by atoms with E-state index in [0.717, 1.165) is 56.9 Å². The first-order valence-corrected chi connectivity index (χ1v) is 11.9. The summed E-state index contributed by atoms with van der Waals surface area (Å²) in [5, 5.41) is 7.48. The van der Waals surface area contributed by atoms with Gasteiger partial charge in [0.2, 0.25) is 0 Å². The quantitative estimate of drug-likeness (QED) is 0.728. The van der Waals surface area contributed by atoms with Crippen molar-refractivity contribution in [3.63, 3.8) is 0 Å². The highest BCUT2D eigenvalue weighted by atomic mass is 19.4. The molecule has 0 unspecified atom stereocenters. The van der Waals surface area contributed by atoms with Crippen LogP contribution in [0.25, 0.3) is 0 Å². The molecule has 2 aliphatic carbocycles. The number of alkyl halides is 3. The van der Waals surface area contributed by atoms with Gasteiger partial charge in [0.1, 0.15) is 11.6 Å². The molecule has 182 valence electrons. The number of nitrogens with one attached hydrogen (secondary N) is 1. The fourth-order valence-corrected chi connectivity index (χ4v) is 6.38. The highest BCUT2D eigenvalue weighted by Crippen LogP contribution is 2.56. The molecule has 12 heteroatoms. The van der Waals surface area contributed by atoms with E-state index in [1.807, 2.05) is 14.7 Å². The van der Waals surface area contributed by atoms with Crippen LogP contribution in [0.3, 0.4) is 0 Å². The largest absolute Gasteiger partial charge is 0.468 e. The van der Waals surface area contributed by atoms with Crippen molar-refractivity contribution in [3.05, 3.63) is 29.5 Å². The van der Waals surface area contributed by atoms with Crippen LogP contribution in [-0.4, -0.2) is 80.2 Å². The standard InChI is InChI=1S/C22H26F3N7O2/c23-22(24,25)18-26-5-15(34-18)6-30-7-21(8-30)11-32(12-21)19(33)31-9-20(10-31)3-14(4-20)17-27-16(28-29-17)13-1-2-13/h5,13-14H,1-4,6-12H2,(H,27,28,29). The Kier molecular flexibility index (Phi) is 4.10. The number of carbonyl (C=O) groups is 1. The molecular weight excluding hydrogens is 451 g/mol. The van der Waals surface area contributed by atoms with Gasteiger partial charge in [-0.05, 0) is 25.7 Å². The second-order valence-electron chi connectivity index (χ2n) is 11.2. The number of likely N-dealkylation sites (tertiary alicyclic amines) is 3. The van der Waals surface area contributed by atoms with Crippen LogP contribution in [0.5, 0.6) is 0 Å². The predicted octanol–water partition coefficient (Wildman–Crippen LogP) is 2.81. The topological polar surface area (TPSA) is 94.4 Å². The monoisotopic (exact) mass is 477 g/mol. The number of nitrogens with zero attached hydrogens (tertiary/aromatic N) is 6. The van der Waals surface area contributed by atoms with Crippen LogP contribution in [0.1, 0.15) is 60.8 Å². The van der Waals surface area contributed by atoms with Gasteiger partial charge in [0.05, 0.1) is 12.7 Å². The lowest BCUT2D eigenvalue weighted by Crippen LogP contribution is -2.75. The molecule has 2 aromatic rings. The van der Waals surface area contributed by atoms with E-state index in [4.69, 9.17) is 4.42 Å². The Balaban J connectivity index is 0.844. The number of hydrogen-bond acceptors (Lipinski definition) is 6. The average Bonchev–Trinajstić information content (AvgIpc) is 3.19. The molecule has 5 heterocycles. The fraction of sp³-hybridized carbons (Fsp3) is 0.727. The number of aromatic amines is 1. The fourth-order valence-electron chi connectivity index (χ4n) is 6.38. The van der Waals surface area contributed by atoms with Gasteiger partial charge in [0.25, 0.3) is 0 Å². The third-order valence-electron chi connectivity index (χ3n) is 8.15. The van der Waals surface area contributed by atoms with Crippen LogP contribution in [-0.2, 0) is 12.7 Å². The van der Waals surface area contributed by atoms with Gasteiger partial charge in [-0.25, -0.2) is 14.8 Å². The first-order chi connectivity index (χ1) is 16.2. The molecule has 2 aromatic heterocycles. The smallest absolute Gasteiger partial charge is 0.437 e. The lowest BCUT2D eigenvalue weighted by Gasteiger charge is -2.63. The highest BCUT2D eigenvalue weighted by Gasteiger charge is 2.58. The van der Waals surface area contributed by atoms with E-state index < -0.39 is 12.1 Å². The summed E-state index contributed by atoms with van der Waals surface area (Å²) in [5.74, 6) is 1.98. The van der Waals surface area contributed by atoms with Gasteiger partial charge in [0, 0.05) is 61.9 Å². The number of hydrogen-bond donors (Lipinski definition) is 1. The number of oxazole rings is 1. The van der Waals surface area contributed by atoms with Crippen molar-refractivity contribution in [2.24, 2.45) is 10.8 Å². The van der Waals surface area contributed by atoms with E-state index >= 15 is 0 Å². The van der Waals surface area contributed by atoms with Crippen molar-refractivity contribution in [1.82, 2.24) is 34.9 Å². The minimum absolute atomic E-state index is 0.0677. The highest BCUT2D eigenvalue weighted by molar-refractivity contribution is 5.77. The van der Waals surface area contributed by atoms with Crippen LogP contribution >= 0.6 is 0 Å². The Morgan fingerprint density at radius 3 is 2.35 bits per heavy atom. The summed E-state index contributed by atoms with van der Waals surface area (Å²) in [6, 6.07) is 0.110. The van der Waals surface area contributed by atoms with E-state index in [9.17, 15) is 18.0 Å². The van der Waals surface area contributed by atoms with Crippen molar-refractivity contribution in [1.29, 1.82) is 0 Å². The number of aromatic nitrogens is 4. The van der Waals surface area contributed by atoms with Crippen molar-refractivity contribution in [2.45, 2.75) is 50.2 Å². The Morgan fingerprint density at radius 2 is 1.74 bits per heavy atom. The van der Waals surface area contributed by atoms with Crippen LogP contribution in [0.4, 0.5) is 18.0 Å². The van der Waals surface area contributed by atoms with Crippen molar-refractivity contribution >= 4 is 6.03 Å². The second-order valence-corrected chi connectivity index (χ2v) is 11.2. The Hall–Kier alpha value is -2.63. The summed E-state index contributed by atoms with van der Waals surface area (Å²) >= 11 is 0. The average molecular weight is 477 g/mol. The van der Waals surface area contributed by atoms with E-state index in [1.54, 1.807) is 0 Å². The lowest BCUT2D eigenvalue weighted by molar-refractivity contribution is -0.158. The molecule has 0 radical (unpaired) electrons. The minimum atomic E-state index is -4.56. The number of H-pyrrole nitrogens is 1. The molecule has 0 aromatic carbocycles. The maximum Gasteiger partial charge on any atom is 0.468 e. The van der Waals surface area contributed by atoms with Crippen molar-refractivity contribution < 1.29 is 22.4 Å². The summed E-state index contributed by atoms with van der Waals surface area (Å²) in [6.07, 6.45) is 1.10. The number of carbonyl (C=O) groups excluding carboxylic acids is 1. The summed E-state index contributed by atoms with van der Waals surface area (Å²) < 4.78 is 42.7. The molecule has 1 N–H and O–H groups in total. The minimum Gasteiger partial charge on any atom is -0.437 e. The number of amides is 2. The molecule has 3 saturated heterocycles. The molecule has 34 heavy (non-hydrogen) atoms. The Morgan fingerprint density at radius 1 is 1.06 bits per heavy atom.